The number of phenols is 1. The van der Waals surface area contributed by atoms with E-state index in [1.54, 1.807) is 24.1 Å². The first-order valence-corrected chi connectivity index (χ1v) is 16.9. The molecule has 6 rings (SSSR count). The number of amides is 1. The fourth-order valence-electron chi connectivity index (χ4n) is 7.53. The molecule has 264 valence electrons. The Balaban J connectivity index is 1.76. The average Bonchev–Trinajstić information content (AvgIpc) is 3.05. The van der Waals surface area contributed by atoms with Crippen LogP contribution in [0.3, 0.4) is 0 Å². The van der Waals surface area contributed by atoms with E-state index >= 15 is 18.0 Å². The normalized spacial score (nSPS) is 17.5. The van der Waals surface area contributed by atoms with Crippen LogP contribution in [0.2, 0.25) is 0 Å². The van der Waals surface area contributed by atoms with Gasteiger partial charge in [-0.05, 0) is 82.7 Å². The highest BCUT2D eigenvalue weighted by Crippen LogP contribution is 2.46. The Hall–Kier alpha value is -4.84. The third kappa shape index (κ3) is 5.78. The Bertz CT molecular complexity index is 2040. The van der Waals surface area contributed by atoms with Crippen molar-refractivity contribution in [2.24, 2.45) is 0 Å². The van der Waals surface area contributed by atoms with Crippen molar-refractivity contribution in [1.29, 1.82) is 0 Å². The van der Waals surface area contributed by atoms with Crippen molar-refractivity contribution >= 4 is 28.2 Å². The van der Waals surface area contributed by atoms with Crippen LogP contribution < -0.4 is 15.4 Å². The van der Waals surface area contributed by atoms with Crippen LogP contribution in [0.5, 0.6) is 5.75 Å². The van der Waals surface area contributed by atoms with Crippen molar-refractivity contribution in [2.75, 3.05) is 56.6 Å². The number of anilines is 2. The molecule has 0 saturated carbocycles. The first-order chi connectivity index (χ1) is 23.8. The van der Waals surface area contributed by atoms with E-state index < -0.39 is 39.9 Å². The summed E-state index contributed by atoms with van der Waals surface area (Å²) < 4.78 is 50.5. The summed E-state index contributed by atoms with van der Waals surface area (Å²) in [6.07, 6.45) is 3.60. The SMILES string of the molecule is C=CC(=O)N1C[C@@H]2CN(CCCN(C)C)c3c(c4cc(F)c(-c5c(O)cccc5F)c(F)c4n(-c4c(C)ccnc4C(C)C)c3=O)N2C[C@H]1C. The minimum absolute atomic E-state index is 0.116. The number of benzene rings is 2. The number of hydrogen-bond acceptors (Lipinski definition) is 7. The Morgan fingerprint density at radius 3 is 2.48 bits per heavy atom. The Kier molecular flexibility index (Phi) is 9.43. The van der Waals surface area contributed by atoms with Gasteiger partial charge in [0.05, 0.1) is 39.8 Å². The first-order valence-electron chi connectivity index (χ1n) is 16.9. The average molecular weight is 689 g/mol. The molecule has 50 heavy (non-hydrogen) atoms. The van der Waals surface area contributed by atoms with Gasteiger partial charge in [0, 0.05) is 43.8 Å². The number of aryl methyl sites for hydroxylation is 1. The van der Waals surface area contributed by atoms with Gasteiger partial charge in [-0.25, -0.2) is 13.2 Å². The maximum Gasteiger partial charge on any atom is 0.281 e. The maximum absolute atomic E-state index is 17.4. The van der Waals surface area contributed by atoms with Crippen molar-refractivity contribution in [3.8, 4) is 22.6 Å². The van der Waals surface area contributed by atoms with E-state index in [1.807, 2.05) is 49.6 Å². The highest BCUT2D eigenvalue weighted by Gasteiger charge is 2.42. The van der Waals surface area contributed by atoms with Crippen LogP contribution in [0.4, 0.5) is 24.5 Å². The lowest BCUT2D eigenvalue weighted by Crippen LogP contribution is -2.64. The summed E-state index contributed by atoms with van der Waals surface area (Å²) in [6.45, 7) is 13.4. The molecule has 2 aliphatic rings. The van der Waals surface area contributed by atoms with Crippen molar-refractivity contribution < 1.29 is 23.1 Å². The number of halogens is 3. The molecule has 2 aromatic heterocycles. The standard InChI is InChI=1S/C38H43F3N6O3/c1-8-29(49)45-20-24-19-44(16-10-15-43(6)7)37-36(46(24)18-23(45)5)25-17-27(40)31(30-26(39)11-9-12-28(30)48)32(41)35(25)47(38(37)50)34-22(4)13-14-42-33(34)21(2)3/h8-9,11-14,17,21,23-24,48H,1,10,15-16,18-20H2,2-7H3/t23-,24+/m1/s1. The summed E-state index contributed by atoms with van der Waals surface area (Å²) in [5.41, 5.74) is -0.0114. The summed E-state index contributed by atoms with van der Waals surface area (Å²) in [7, 11) is 3.92. The van der Waals surface area contributed by atoms with Gasteiger partial charge in [0.2, 0.25) is 5.91 Å². The van der Waals surface area contributed by atoms with Gasteiger partial charge in [-0.2, -0.15) is 0 Å². The summed E-state index contributed by atoms with van der Waals surface area (Å²) in [6, 6.07) is 5.67. The molecule has 4 heterocycles. The minimum atomic E-state index is -1.19. The molecule has 12 heteroatoms. The second-order valence-corrected chi connectivity index (χ2v) is 13.9. The number of nitrogens with zero attached hydrogens (tertiary/aromatic N) is 6. The van der Waals surface area contributed by atoms with Gasteiger partial charge in [-0.3, -0.25) is 19.1 Å². The monoisotopic (exact) mass is 688 g/mol. The molecule has 2 aromatic carbocycles. The first kappa shape index (κ1) is 35.0. The van der Waals surface area contributed by atoms with Crippen molar-refractivity contribution in [3.63, 3.8) is 0 Å². The number of fused-ring (bicyclic) bond motifs is 5. The lowest BCUT2D eigenvalue weighted by atomic mass is 9.94. The molecule has 9 nitrogen and oxygen atoms in total. The fourth-order valence-corrected chi connectivity index (χ4v) is 7.53. The molecule has 0 spiro atoms. The number of hydrogen-bond donors (Lipinski definition) is 1. The van der Waals surface area contributed by atoms with Crippen molar-refractivity contribution in [1.82, 2.24) is 19.4 Å². The molecular weight excluding hydrogens is 645 g/mol. The molecule has 1 amide bonds. The van der Waals surface area contributed by atoms with Gasteiger partial charge in [-0.1, -0.05) is 26.5 Å². The number of carbonyl (C=O) groups is 1. The van der Waals surface area contributed by atoms with Gasteiger partial charge in [-0.15, -0.1) is 0 Å². The summed E-state index contributed by atoms with van der Waals surface area (Å²) in [5, 5.41) is 10.8. The summed E-state index contributed by atoms with van der Waals surface area (Å²) >= 11 is 0. The molecule has 0 unspecified atom stereocenters. The second-order valence-electron chi connectivity index (χ2n) is 13.9. The maximum atomic E-state index is 17.4. The van der Waals surface area contributed by atoms with E-state index in [0.717, 1.165) is 24.7 Å². The predicted octanol–water partition coefficient (Wildman–Crippen LogP) is 5.97. The predicted molar refractivity (Wildman–Crippen MR) is 191 cm³/mol. The quantitative estimate of drug-likeness (QED) is 0.229. The van der Waals surface area contributed by atoms with Crippen LogP contribution in [-0.4, -0.2) is 89.3 Å². The fraction of sp³-hybridized carbons (Fsp3) is 0.395. The zero-order valence-electron chi connectivity index (χ0n) is 29.3. The Morgan fingerprint density at radius 2 is 1.82 bits per heavy atom. The summed E-state index contributed by atoms with van der Waals surface area (Å²) in [5.74, 6) is -4.34. The van der Waals surface area contributed by atoms with Crippen LogP contribution >= 0.6 is 0 Å². The van der Waals surface area contributed by atoms with E-state index in [9.17, 15) is 9.90 Å². The van der Waals surface area contributed by atoms with Crippen molar-refractivity contribution in [3.05, 3.63) is 88.2 Å². The number of phenolic OH excluding ortho intramolecular Hbond substituents is 1. The van der Waals surface area contributed by atoms with E-state index in [1.165, 1.54) is 16.7 Å². The minimum Gasteiger partial charge on any atom is -0.507 e. The molecular formula is C38H43F3N6O3. The topological polar surface area (TPSA) is 85.1 Å². The highest BCUT2D eigenvalue weighted by molar-refractivity contribution is 6.03. The molecule has 0 radical (unpaired) electrons. The summed E-state index contributed by atoms with van der Waals surface area (Å²) in [4.78, 5) is 40.5. The number of piperazine rings is 1. The highest BCUT2D eigenvalue weighted by atomic mass is 19.1. The van der Waals surface area contributed by atoms with Gasteiger partial charge >= 0.3 is 0 Å². The lowest BCUT2D eigenvalue weighted by Gasteiger charge is -2.52. The number of rotatable bonds is 8. The Morgan fingerprint density at radius 1 is 1.08 bits per heavy atom. The Labute approximate surface area is 289 Å². The van der Waals surface area contributed by atoms with E-state index in [4.69, 9.17) is 0 Å². The zero-order chi connectivity index (χ0) is 36.2. The number of pyridine rings is 2. The molecule has 1 N–H and O–H groups in total. The van der Waals surface area contributed by atoms with Crippen LogP contribution in [0.15, 0.2) is 54.0 Å². The molecule has 1 fully saturated rings. The van der Waals surface area contributed by atoms with Gasteiger partial charge in [0.1, 0.15) is 23.1 Å². The van der Waals surface area contributed by atoms with E-state index in [0.29, 0.717) is 60.9 Å². The third-order valence-electron chi connectivity index (χ3n) is 9.83. The van der Waals surface area contributed by atoms with Gasteiger partial charge in [0.15, 0.2) is 5.82 Å². The number of aromatic nitrogens is 2. The van der Waals surface area contributed by atoms with Crippen LogP contribution in [0.25, 0.3) is 27.7 Å². The van der Waals surface area contributed by atoms with Gasteiger partial charge < -0.3 is 24.7 Å². The van der Waals surface area contributed by atoms with Crippen LogP contribution in [0, 0.1) is 24.4 Å². The molecule has 0 bridgehead atoms. The van der Waals surface area contributed by atoms with Crippen LogP contribution in [-0.2, 0) is 4.79 Å². The third-order valence-corrected chi connectivity index (χ3v) is 9.83. The molecule has 0 aliphatic carbocycles. The molecule has 4 aromatic rings. The zero-order valence-corrected chi connectivity index (χ0v) is 29.3. The lowest BCUT2D eigenvalue weighted by molar-refractivity contribution is -0.128. The van der Waals surface area contributed by atoms with E-state index in [-0.39, 0.29) is 34.8 Å². The number of carbonyl (C=O) groups excluding carboxylic acids is 1. The number of aromatic hydroxyl groups is 1. The molecule has 1 saturated heterocycles. The second kappa shape index (κ2) is 13.5. The van der Waals surface area contributed by atoms with Crippen LogP contribution in [0.1, 0.15) is 44.4 Å². The smallest absolute Gasteiger partial charge is 0.281 e. The van der Waals surface area contributed by atoms with Crippen molar-refractivity contribution in [2.45, 2.75) is 52.1 Å². The molecule has 2 aliphatic heterocycles. The van der Waals surface area contributed by atoms with Gasteiger partial charge in [0.25, 0.3) is 5.56 Å². The largest absolute Gasteiger partial charge is 0.507 e. The molecule has 2 atom stereocenters. The van der Waals surface area contributed by atoms with E-state index in [2.05, 4.69) is 11.6 Å².